The number of rotatable bonds is 7. The fraction of sp³-hybridized carbons (Fsp3) is 0.480. The van der Waals surface area contributed by atoms with Gasteiger partial charge in [-0.05, 0) is 33.3 Å². The number of carbonyl (C=O) groups is 3. The molecule has 178 valence electrons. The van der Waals surface area contributed by atoms with Crippen molar-refractivity contribution in [3.8, 4) is 0 Å². The lowest BCUT2D eigenvalue weighted by Gasteiger charge is -2.28. The number of allylic oxidation sites excluding steroid dienone is 2. The first-order valence-corrected chi connectivity index (χ1v) is 10.9. The van der Waals surface area contributed by atoms with Crippen LogP contribution in [0.3, 0.4) is 0 Å². The molecule has 1 saturated heterocycles. The minimum absolute atomic E-state index is 0.0440. The van der Waals surface area contributed by atoms with Crippen molar-refractivity contribution < 1.29 is 38.8 Å². The Labute approximate surface area is 192 Å². The van der Waals surface area contributed by atoms with Gasteiger partial charge >= 0.3 is 17.9 Å². The minimum Gasteiger partial charge on any atom is -0.458 e. The molecule has 3 aliphatic rings. The van der Waals surface area contributed by atoms with Crippen molar-refractivity contribution in [2.45, 2.75) is 45.8 Å². The fourth-order valence-corrected chi connectivity index (χ4v) is 4.72. The van der Waals surface area contributed by atoms with Crippen molar-refractivity contribution >= 4 is 17.9 Å². The summed E-state index contributed by atoms with van der Waals surface area (Å²) < 4.78 is 16.6. The van der Waals surface area contributed by atoms with Crippen molar-refractivity contribution in [3.63, 3.8) is 0 Å². The van der Waals surface area contributed by atoms with Crippen molar-refractivity contribution in [2.24, 2.45) is 11.8 Å². The topological polar surface area (TPSA) is 119 Å². The third-order valence-corrected chi connectivity index (χ3v) is 6.55. The van der Waals surface area contributed by atoms with Crippen LogP contribution in [0.4, 0.5) is 0 Å². The van der Waals surface area contributed by atoms with E-state index >= 15 is 0 Å². The van der Waals surface area contributed by atoms with Crippen LogP contribution < -0.4 is 0 Å². The lowest BCUT2D eigenvalue weighted by atomic mass is 9.82. The zero-order chi connectivity index (χ0) is 24.3. The van der Waals surface area contributed by atoms with Gasteiger partial charge in [-0.25, -0.2) is 14.4 Å². The lowest BCUT2D eigenvalue weighted by Crippen LogP contribution is -2.36. The highest BCUT2D eigenvalue weighted by molar-refractivity contribution is 5.93. The first-order valence-electron chi connectivity index (χ1n) is 10.9. The predicted octanol–water partition coefficient (Wildman–Crippen LogP) is 2.08. The molecule has 33 heavy (non-hydrogen) atoms. The summed E-state index contributed by atoms with van der Waals surface area (Å²) in [7, 11) is 0. The van der Waals surface area contributed by atoms with E-state index in [4.69, 9.17) is 14.2 Å². The maximum Gasteiger partial charge on any atom is 0.337 e. The van der Waals surface area contributed by atoms with Gasteiger partial charge in [-0.15, -0.1) is 0 Å². The van der Waals surface area contributed by atoms with E-state index in [0.29, 0.717) is 6.42 Å². The van der Waals surface area contributed by atoms with Gasteiger partial charge in [0.1, 0.15) is 18.8 Å². The molecule has 2 N–H and O–H groups in total. The Hall–Kier alpha value is -2.97. The molecule has 3 rings (SSSR count). The third kappa shape index (κ3) is 4.86. The van der Waals surface area contributed by atoms with Crippen LogP contribution in [0, 0.1) is 11.8 Å². The number of esters is 3. The van der Waals surface area contributed by atoms with Gasteiger partial charge in [-0.2, -0.15) is 0 Å². The van der Waals surface area contributed by atoms with E-state index in [2.05, 4.69) is 12.7 Å². The Morgan fingerprint density at radius 2 is 1.97 bits per heavy atom. The molecule has 8 nitrogen and oxygen atoms in total. The summed E-state index contributed by atoms with van der Waals surface area (Å²) in [6.45, 7) is 8.08. The smallest absolute Gasteiger partial charge is 0.337 e. The molecule has 1 fully saturated rings. The second-order valence-corrected chi connectivity index (χ2v) is 8.46. The second-order valence-electron chi connectivity index (χ2n) is 8.46. The fourth-order valence-electron chi connectivity index (χ4n) is 4.72. The summed E-state index contributed by atoms with van der Waals surface area (Å²) in [6.07, 6.45) is 4.72. The Balaban J connectivity index is 1.81. The molecular weight excluding hydrogens is 428 g/mol. The van der Waals surface area contributed by atoms with Crippen LogP contribution >= 0.6 is 0 Å². The van der Waals surface area contributed by atoms with Crippen LogP contribution in [0.15, 0.2) is 58.2 Å². The summed E-state index contributed by atoms with van der Waals surface area (Å²) in [5, 5.41) is 18.5. The molecule has 0 aromatic heterocycles. The second kappa shape index (κ2) is 10.3. The molecule has 1 aliphatic heterocycles. The van der Waals surface area contributed by atoms with Gasteiger partial charge in [0, 0.05) is 17.9 Å². The number of hydrogen-bond acceptors (Lipinski definition) is 8. The molecule has 0 amide bonds. The van der Waals surface area contributed by atoms with Crippen LogP contribution in [0.2, 0.25) is 0 Å². The quantitative estimate of drug-likeness (QED) is 0.258. The van der Waals surface area contributed by atoms with Gasteiger partial charge in [-0.1, -0.05) is 35.5 Å². The SMILES string of the molecule is C=C1C(=O)O[C@@H]2[C@H]3C(C)=CCC3=C(C)C[C@@H](OC(=O)/C(=C/CO)COC(=O)/C(=C/C)CO)[C@@H]12. The molecule has 0 aromatic rings. The number of fused-ring (bicyclic) bond motifs is 3. The van der Waals surface area contributed by atoms with E-state index in [0.717, 1.165) is 17.6 Å². The van der Waals surface area contributed by atoms with Crippen LogP contribution in [0.5, 0.6) is 0 Å². The third-order valence-electron chi connectivity index (χ3n) is 6.55. The molecule has 4 atom stereocenters. The van der Waals surface area contributed by atoms with Crippen molar-refractivity contribution in [2.75, 3.05) is 19.8 Å². The van der Waals surface area contributed by atoms with Crippen molar-refractivity contribution in [1.82, 2.24) is 0 Å². The lowest BCUT2D eigenvalue weighted by molar-refractivity contribution is -0.149. The van der Waals surface area contributed by atoms with Gasteiger partial charge in [0.25, 0.3) is 0 Å². The predicted molar refractivity (Wildman–Crippen MR) is 119 cm³/mol. The van der Waals surface area contributed by atoms with Gasteiger partial charge in [0.2, 0.25) is 0 Å². The van der Waals surface area contributed by atoms with E-state index in [1.165, 1.54) is 17.7 Å². The summed E-state index contributed by atoms with van der Waals surface area (Å²) in [5.41, 5.74) is 3.64. The normalized spacial score (nSPS) is 27.5. The number of aliphatic hydroxyl groups is 2. The average molecular weight is 459 g/mol. The summed E-state index contributed by atoms with van der Waals surface area (Å²) in [5.74, 6) is -2.61. The largest absolute Gasteiger partial charge is 0.458 e. The molecule has 0 spiro atoms. The highest BCUT2D eigenvalue weighted by Crippen LogP contribution is 2.49. The van der Waals surface area contributed by atoms with Gasteiger partial charge in [0.05, 0.1) is 30.3 Å². The summed E-state index contributed by atoms with van der Waals surface area (Å²) >= 11 is 0. The van der Waals surface area contributed by atoms with Gasteiger partial charge in [0.15, 0.2) is 0 Å². The minimum atomic E-state index is -0.773. The van der Waals surface area contributed by atoms with E-state index in [-0.39, 0.29) is 22.6 Å². The summed E-state index contributed by atoms with van der Waals surface area (Å²) in [6, 6.07) is 0. The van der Waals surface area contributed by atoms with Crippen LogP contribution in [0.25, 0.3) is 0 Å². The maximum absolute atomic E-state index is 13.0. The van der Waals surface area contributed by atoms with Crippen molar-refractivity contribution in [1.29, 1.82) is 0 Å². The highest BCUT2D eigenvalue weighted by atomic mass is 16.6. The Kier molecular flexibility index (Phi) is 7.71. The molecule has 8 heteroatoms. The summed E-state index contributed by atoms with van der Waals surface area (Å²) in [4.78, 5) is 37.4. The van der Waals surface area contributed by atoms with Gasteiger partial charge in [-0.3, -0.25) is 0 Å². The number of carbonyl (C=O) groups excluding carboxylic acids is 3. The molecule has 1 heterocycles. The Bertz CT molecular complexity index is 980. The molecule has 2 aliphatic carbocycles. The van der Waals surface area contributed by atoms with Crippen molar-refractivity contribution in [3.05, 3.63) is 58.2 Å². The van der Waals surface area contributed by atoms with E-state index in [1.54, 1.807) is 6.92 Å². The monoisotopic (exact) mass is 458 g/mol. The number of ether oxygens (including phenoxy) is 3. The van der Waals surface area contributed by atoms with E-state index in [9.17, 15) is 24.6 Å². The molecular formula is C25H30O8. The standard InChI is InChI=1S/C25H30O8/c1-5-16(11-27)24(29)31-12-17(8-9-26)25(30)32-19-10-14(3)18-7-6-13(2)20(18)22-21(19)15(4)23(28)33-22/h5-6,8,19-22,26-27H,4,7,9-12H2,1-3H3/b16-5+,17-8+/t19-,20+,21-,22-/m1/s1. The first kappa shape index (κ1) is 24.7. The van der Waals surface area contributed by atoms with Gasteiger partial charge < -0.3 is 24.4 Å². The zero-order valence-electron chi connectivity index (χ0n) is 19.1. The van der Waals surface area contributed by atoms with Crippen LogP contribution in [-0.4, -0.2) is 60.1 Å². The number of hydrogen-bond donors (Lipinski definition) is 2. The zero-order valence-corrected chi connectivity index (χ0v) is 19.1. The van der Waals surface area contributed by atoms with E-state index in [1.807, 2.05) is 13.8 Å². The van der Waals surface area contributed by atoms with E-state index < -0.39 is 55.9 Å². The first-order chi connectivity index (χ1) is 15.7. The van der Waals surface area contributed by atoms with Crippen LogP contribution in [-0.2, 0) is 28.6 Å². The molecule has 0 unspecified atom stereocenters. The molecule has 0 bridgehead atoms. The Morgan fingerprint density at radius 1 is 1.24 bits per heavy atom. The average Bonchev–Trinajstić information content (AvgIpc) is 3.26. The molecule has 0 radical (unpaired) electrons. The molecule has 0 saturated carbocycles. The maximum atomic E-state index is 13.0. The Morgan fingerprint density at radius 3 is 2.61 bits per heavy atom. The molecule has 0 aromatic carbocycles. The van der Waals surface area contributed by atoms with Crippen LogP contribution in [0.1, 0.15) is 33.6 Å². The highest BCUT2D eigenvalue weighted by Gasteiger charge is 2.52. The number of aliphatic hydroxyl groups excluding tert-OH is 2.